The minimum atomic E-state index is 0.701. The summed E-state index contributed by atoms with van der Waals surface area (Å²) in [6.07, 6.45) is 0.926. The highest BCUT2D eigenvalue weighted by Gasteiger charge is 2.01. The summed E-state index contributed by atoms with van der Waals surface area (Å²) in [5.41, 5.74) is 2.99. The highest BCUT2D eigenvalue weighted by molar-refractivity contribution is 7.09. The monoisotopic (exact) mass is 218 g/mol. The summed E-state index contributed by atoms with van der Waals surface area (Å²) in [7, 11) is 0. The van der Waals surface area contributed by atoms with Crippen molar-refractivity contribution in [1.29, 1.82) is 0 Å². The molecule has 1 radical (unpaired) electrons. The minimum absolute atomic E-state index is 0.701. The molecule has 2 aromatic rings. The van der Waals surface area contributed by atoms with Gasteiger partial charge in [-0.15, -0.1) is 11.3 Å². The van der Waals surface area contributed by atoms with Crippen LogP contribution in [0, 0.1) is 13.0 Å². The third kappa shape index (κ3) is 2.80. The number of rotatable bonds is 4. The molecule has 2 nitrogen and oxygen atoms in total. The van der Waals surface area contributed by atoms with Gasteiger partial charge in [0, 0.05) is 11.3 Å². The fraction of sp³-hybridized carbons (Fsp3) is 0.250. The first-order chi connectivity index (χ1) is 7.36. The van der Waals surface area contributed by atoms with E-state index in [1.54, 1.807) is 11.3 Å². The third-order valence-electron chi connectivity index (χ3n) is 2.13. The van der Waals surface area contributed by atoms with Crippen molar-refractivity contribution >= 4 is 11.3 Å². The van der Waals surface area contributed by atoms with Gasteiger partial charge in [-0.05, 0) is 25.1 Å². The molecule has 1 aromatic heterocycles. The Kier molecular flexibility index (Phi) is 3.35. The van der Waals surface area contributed by atoms with Crippen molar-refractivity contribution in [3.63, 3.8) is 0 Å². The van der Waals surface area contributed by atoms with Gasteiger partial charge in [0.15, 0.2) is 0 Å². The number of hydrogen-bond donors (Lipinski definition) is 0. The average molecular weight is 218 g/mol. The molecule has 0 aliphatic rings. The molecule has 3 heteroatoms. The Hall–Kier alpha value is -1.35. The van der Waals surface area contributed by atoms with Crippen LogP contribution in [0.15, 0.2) is 29.8 Å². The molecule has 0 saturated heterocycles. The SMILES string of the molecule is Cc1ncsc1CCOc1cc[c]cc1. The largest absolute Gasteiger partial charge is 0.493 e. The Bertz CT molecular complexity index is 411. The Morgan fingerprint density at radius 2 is 2.20 bits per heavy atom. The topological polar surface area (TPSA) is 22.1 Å². The molecule has 2 rings (SSSR count). The van der Waals surface area contributed by atoms with Gasteiger partial charge in [0.25, 0.3) is 0 Å². The summed E-state index contributed by atoms with van der Waals surface area (Å²) in [5.74, 6) is 0.899. The van der Waals surface area contributed by atoms with Gasteiger partial charge in [0.05, 0.1) is 17.8 Å². The highest BCUT2D eigenvalue weighted by atomic mass is 32.1. The molecular weight excluding hydrogens is 206 g/mol. The smallest absolute Gasteiger partial charge is 0.119 e. The quantitative estimate of drug-likeness (QED) is 0.787. The van der Waals surface area contributed by atoms with Crippen LogP contribution in [0.1, 0.15) is 10.6 Å². The first-order valence-electron chi connectivity index (χ1n) is 4.84. The summed E-state index contributed by atoms with van der Waals surface area (Å²) < 4.78 is 5.59. The number of thiazole rings is 1. The lowest BCUT2D eigenvalue weighted by Gasteiger charge is -2.04. The molecule has 0 unspecified atom stereocenters. The predicted molar refractivity (Wildman–Crippen MR) is 61.3 cm³/mol. The molecule has 0 saturated carbocycles. The van der Waals surface area contributed by atoms with E-state index in [1.165, 1.54) is 4.88 Å². The predicted octanol–water partition coefficient (Wildman–Crippen LogP) is 2.87. The van der Waals surface area contributed by atoms with Crippen LogP contribution in [0.3, 0.4) is 0 Å². The van der Waals surface area contributed by atoms with Gasteiger partial charge in [-0.3, -0.25) is 0 Å². The van der Waals surface area contributed by atoms with E-state index in [0.29, 0.717) is 6.61 Å². The van der Waals surface area contributed by atoms with E-state index in [1.807, 2.05) is 36.7 Å². The molecular formula is C12H12NOS. The lowest BCUT2D eigenvalue weighted by molar-refractivity contribution is 0.322. The molecule has 15 heavy (non-hydrogen) atoms. The van der Waals surface area contributed by atoms with Gasteiger partial charge >= 0.3 is 0 Å². The standard InChI is InChI=1S/C12H12NOS/c1-10-12(15-9-13-10)7-8-14-11-5-3-2-4-6-11/h3-6,9H,7-8H2,1H3. The average Bonchev–Trinajstić information content (AvgIpc) is 2.66. The zero-order valence-corrected chi connectivity index (χ0v) is 9.38. The summed E-state index contributed by atoms with van der Waals surface area (Å²) in [6.45, 7) is 2.73. The molecule has 0 amide bonds. The number of aromatic nitrogens is 1. The zero-order chi connectivity index (χ0) is 10.5. The van der Waals surface area contributed by atoms with Gasteiger partial charge < -0.3 is 4.74 Å². The van der Waals surface area contributed by atoms with E-state index in [4.69, 9.17) is 4.74 Å². The maximum absolute atomic E-state index is 5.59. The van der Waals surface area contributed by atoms with Gasteiger partial charge in [-0.1, -0.05) is 12.1 Å². The molecule has 0 N–H and O–H groups in total. The van der Waals surface area contributed by atoms with Gasteiger partial charge in [-0.25, -0.2) is 4.98 Å². The molecule has 77 valence electrons. The highest BCUT2D eigenvalue weighted by Crippen LogP contribution is 2.14. The Balaban J connectivity index is 1.83. The summed E-state index contributed by atoms with van der Waals surface area (Å²) in [6, 6.07) is 10.5. The van der Waals surface area contributed by atoms with Crippen molar-refractivity contribution in [2.45, 2.75) is 13.3 Å². The van der Waals surface area contributed by atoms with E-state index in [0.717, 1.165) is 17.9 Å². The fourth-order valence-electron chi connectivity index (χ4n) is 1.30. The normalized spacial score (nSPS) is 10.2. The summed E-state index contributed by atoms with van der Waals surface area (Å²) >= 11 is 1.69. The second-order valence-corrected chi connectivity index (χ2v) is 4.13. The van der Waals surface area contributed by atoms with Crippen molar-refractivity contribution in [2.24, 2.45) is 0 Å². The van der Waals surface area contributed by atoms with Crippen molar-refractivity contribution in [2.75, 3.05) is 6.61 Å². The number of ether oxygens (including phenoxy) is 1. The van der Waals surface area contributed by atoms with Crippen molar-refractivity contribution in [3.05, 3.63) is 46.4 Å². The number of nitrogens with zero attached hydrogens (tertiary/aromatic N) is 1. The van der Waals surface area contributed by atoms with Crippen LogP contribution in [0.25, 0.3) is 0 Å². The van der Waals surface area contributed by atoms with Crippen LogP contribution < -0.4 is 4.74 Å². The second-order valence-electron chi connectivity index (χ2n) is 3.20. The van der Waals surface area contributed by atoms with Crippen LogP contribution in [0.5, 0.6) is 5.75 Å². The lowest BCUT2D eigenvalue weighted by Crippen LogP contribution is -2.00. The zero-order valence-electron chi connectivity index (χ0n) is 8.56. The first-order valence-corrected chi connectivity index (χ1v) is 5.72. The van der Waals surface area contributed by atoms with Crippen LogP contribution >= 0.6 is 11.3 Å². The van der Waals surface area contributed by atoms with Crippen molar-refractivity contribution < 1.29 is 4.74 Å². The van der Waals surface area contributed by atoms with Crippen LogP contribution in [0.4, 0.5) is 0 Å². The van der Waals surface area contributed by atoms with E-state index in [2.05, 4.69) is 11.1 Å². The van der Waals surface area contributed by atoms with Gasteiger partial charge in [-0.2, -0.15) is 0 Å². The Morgan fingerprint density at radius 3 is 2.87 bits per heavy atom. The molecule has 0 atom stereocenters. The third-order valence-corrected chi connectivity index (χ3v) is 3.13. The number of benzene rings is 1. The molecule has 0 spiro atoms. The fourth-order valence-corrected chi connectivity index (χ4v) is 2.06. The number of aryl methyl sites for hydroxylation is 1. The van der Waals surface area contributed by atoms with Crippen molar-refractivity contribution in [1.82, 2.24) is 4.98 Å². The molecule has 0 aliphatic heterocycles. The lowest BCUT2D eigenvalue weighted by atomic mass is 10.3. The van der Waals surface area contributed by atoms with E-state index in [9.17, 15) is 0 Å². The second kappa shape index (κ2) is 4.94. The summed E-state index contributed by atoms with van der Waals surface area (Å²) in [4.78, 5) is 5.50. The maximum atomic E-state index is 5.59. The Morgan fingerprint density at radius 1 is 1.40 bits per heavy atom. The van der Waals surface area contributed by atoms with Gasteiger partial charge in [0.2, 0.25) is 0 Å². The first kappa shape index (κ1) is 10.2. The molecule has 1 aromatic carbocycles. The van der Waals surface area contributed by atoms with E-state index in [-0.39, 0.29) is 0 Å². The van der Waals surface area contributed by atoms with E-state index < -0.39 is 0 Å². The molecule has 0 fully saturated rings. The minimum Gasteiger partial charge on any atom is -0.493 e. The van der Waals surface area contributed by atoms with Crippen LogP contribution in [-0.4, -0.2) is 11.6 Å². The van der Waals surface area contributed by atoms with Crippen LogP contribution in [-0.2, 0) is 6.42 Å². The van der Waals surface area contributed by atoms with Crippen LogP contribution in [0.2, 0.25) is 0 Å². The molecule has 0 bridgehead atoms. The maximum Gasteiger partial charge on any atom is 0.119 e. The summed E-state index contributed by atoms with van der Waals surface area (Å²) in [5, 5.41) is 0. The van der Waals surface area contributed by atoms with E-state index >= 15 is 0 Å². The van der Waals surface area contributed by atoms with Crippen molar-refractivity contribution in [3.8, 4) is 5.75 Å². The molecule has 0 aliphatic carbocycles. The van der Waals surface area contributed by atoms with Gasteiger partial charge in [0.1, 0.15) is 5.75 Å². The molecule has 1 heterocycles. The number of hydrogen-bond acceptors (Lipinski definition) is 3. The Labute approximate surface area is 93.6 Å².